The van der Waals surface area contributed by atoms with Crippen LogP contribution in [0.5, 0.6) is 0 Å². The molecule has 0 amide bonds. The van der Waals surface area contributed by atoms with Gasteiger partial charge in [0.05, 0.1) is 6.54 Å². The molecule has 0 aromatic heterocycles. The average molecular weight is 201 g/mol. The molecule has 0 aliphatic rings. The second kappa shape index (κ2) is 5.00. The fourth-order valence-electron chi connectivity index (χ4n) is 1.58. The maximum absolute atomic E-state index is 5.33. The zero-order chi connectivity index (χ0) is 11.3. The maximum atomic E-state index is 5.33. The van der Waals surface area contributed by atoms with Gasteiger partial charge in [0.25, 0.3) is 0 Å². The molecule has 80 valence electrons. The van der Waals surface area contributed by atoms with Gasteiger partial charge in [-0.15, -0.1) is 6.42 Å². The zero-order valence-electron chi connectivity index (χ0n) is 9.83. The number of terminal acetylenes is 1. The average Bonchev–Trinajstić information content (AvgIpc) is 2.19. The van der Waals surface area contributed by atoms with Gasteiger partial charge in [-0.2, -0.15) is 0 Å². The van der Waals surface area contributed by atoms with E-state index in [9.17, 15) is 0 Å². The van der Waals surface area contributed by atoms with Gasteiger partial charge in [-0.05, 0) is 32.9 Å². The van der Waals surface area contributed by atoms with Gasteiger partial charge in [-0.25, -0.2) is 0 Å². The Morgan fingerprint density at radius 1 is 1.27 bits per heavy atom. The number of likely N-dealkylation sites (N-methyl/N-ethyl adjacent to an activating group) is 1. The summed E-state index contributed by atoms with van der Waals surface area (Å²) in [4.78, 5) is 2.21. The van der Waals surface area contributed by atoms with Crippen molar-refractivity contribution in [2.75, 3.05) is 13.6 Å². The molecule has 0 radical (unpaired) electrons. The normalized spacial score (nSPS) is 11.4. The number of nitrogens with zero attached hydrogens (tertiary/aromatic N) is 1. The lowest BCUT2D eigenvalue weighted by Gasteiger charge is -2.34. The van der Waals surface area contributed by atoms with Crippen molar-refractivity contribution in [3.63, 3.8) is 0 Å². The predicted octanol–water partition coefficient (Wildman–Crippen LogP) is 2.57. The molecule has 0 N–H and O–H groups in total. The van der Waals surface area contributed by atoms with E-state index in [-0.39, 0.29) is 5.54 Å². The Morgan fingerprint density at radius 3 is 2.40 bits per heavy atom. The topological polar surface area (TPSA) is 3.24 Å². The lowest BCUT2D eigenvalue weighted by atomic mass is 9.93. The highest BCUT2D eigenvalue weighted by Gasteiger charge is 2.22. The molecule has 1 nitrogen and oxygen atoms in total. The third kappa shape index (κ3) is 3.42. The smallest absolute Gasteiger partial charge is 0.0600 e. The predicted molar refractivity (Wildman–Crippen MR) is 65.7 cm³/mol. The number of rotatable bonds is 4. The van der Waals surface area contributed by atoms with E-state index < -0.39 is 0 Å². The summed E-state index contributed by atoms with van der Waals surface area (Å²) in [6, 6.07) is 10.5. The third-order valence-electron chi connectivity index (χ3n) is 2.84. The monoisotopic (exact) mass is 201 g/mol. The highest BCUT2D eigenvalue weighted by Crippen LogP contribution is 2.18. The molecule has 1 aromatic rings. The Bertz CT molecular complexity index is 332. The van der Waals surface area contributed by atoms with Crippen LogP contribution < -0.4 is 0 Å². The van der Waals surface area contributed by atoms with Gasteiger partial charge in [0.2, 0.25) is 0 Å². The highest BCUT2D eigenvalue weighted by atomic mass is 15.2. The molecule has 0 fully saturated rings. The van der Waals surface area contributed by atoms with Crippen LogP contribution in [0.15, 0.2) is 30.3 Å². The number of benzene rings is 1. The summed E-state index contributed by atoms with van der Waals surface area (Å²) >= 11 is 0. The lowest BCUT2D eigenvalue weighted by Crippen LogP contribution is -2.43. The molecule has 0 aliphatic carbocycles. The van der Waals surface area contributed by atoms with Gasteiger partial charge in [-0.3, -0.25) is 4.90 Å². The molecule has 0 unspecified atom stereocenters. The Hall–Kier alpha value is -1.26. The van der Waals surface area contributed by atoms with Crippen LogP contribution in [0.1, 0.15) is 19.4 Å². The molecular weight excluding hydrogens is 182 g/mol. The standard InChI is InChI=1S/C14H19N/c1-5-11-15(4)14(2,3)12-13-9-7-6-8-10-13/h1,6-10H,11-12H2,2-4H3. The Kier molecular flexibility index (Phi) is 3.94. The van der Waals surface area contributed by atoms with Crippen molar-refractivity contribution < 1.29 is 0 Å². The van der Waals surface area contributed by atoms with Crippen molar-refractivity contribution >= 4 is 0 Å². The molecule has 0 aliphatic heterocycles. The molecule has 0 heterocycles. The SMILES string of the molecule is C#CCN(C)C(C)(C)Cc1ccccc1. The minimum absolute atomic E-state index is 0.105. The molecule has 1 rings (SSSR count). The lowest BCUT2D eigenvalue weighted by molar-refractivity contribution is 0.176. The van der Waals surface area contributed by atoms with Crippen LogP contribution in [-0.2, 0) is 6.42 Å². The van der Waals surface area contributed by atoms with Crippen LogP contribution in [0, 0.1) is 12.3 Å². The zero-order valence-corrected chi connectivity index (χ0v) is 9.83. The van der Waals surface area contributed by atoms with Crippen LogP contribution in [0.4, 0.5) is 0 Å². The molecule has 1 aromatic carbocycles. The molecule has 0 spiro atoms. The molecular formula is C14H19N. The summed E-state index contributed by atoms with van der Waals surface area (Å²) in [5.74, 6) is 2.69. The Balaban J connectivity index is 2.68. The first kappa shape index (κ1) is 11.8. The summed E-state index contributed by atoms with van der Waals surface area (Å²) in [7, 11) is 2.07. The second-order valence-electron chi connectivity index (χ2n) is 4.53. The van der Waals surface area contributed by atoms with Crippen LogP contribution in [0.2, 0.25) is 0 Å². The van der Waals surface area contributed by atoms with E-state index in [2.05, 4.69) is 56.0 Å². The minimum Gasteiger partial charge on any atom is -0.290 e. The maximum Gasteiger partial charge on any atom is 0.0600 e. The first-order valence-electron chi connectivity index (χ1n) is 5.25. The summed E-state index contributed by atoms with van der Waals surface area (Å²) < 4.78 is 0. The van der Waals surface area contributed by atoms with Gasteiger partial charge >= 0.3 is 0 Å². The van der Waals surface area contributed by atoms with Gasteiger partial charge in [0.15, 0.2) is 0 Å². The van der Waals surface area contributed by atoms with Crippen LogP contribution in [-0.4, -0.2) is 24.0 Å². The summed E-state index contributed by atoms with van der Waals surface area (Å²) in [5.41, 5.74) is 1.46. The van der Waals surface area contributed by atoms with Crippen molar-refractivity contribution in [3.8, 4) is 12.3 Å². The fourth-order valence-corrected chi connectivity index (χ4v) is 1.58. The Labute approximate surface area is 93.1 Å². The van der Waals surface area contributed by atoms with Gasteiger partial charge < -0.3 is 0 Å². The van der Waals surface area contributed by atoms with E-state index in [1.807, 2.05) is 6.07 Å². The van der Waals surface area contributed by atoms with Crippen molar-refractivity contribution in [1.82, 2.24) is 4.90 Å². The van der Waals surface area contributed by atoms with Gasteiger partial charge in [0, 0.05) is 5.54 Å². The third-order valence-corrected chi connectivity index (χ3v) is 2.84. The highest BCUT2D eigenvalue weighted by molar-refractivity contribution is 5.17. The van der Waals surface area contributed by atoms with E-state index in [0.29, 0.717) is 6.54 Å². The largest absolute Gasteiger partial charge is 0.290 e. The number of hydrogen-bond donors (Lipinski definition) is 0. The van der Waals surface area contributed by atoms with Crippen LogP contribution >= 0.6 is 0 Å². The van der Waals surface area contributed by atoms with Crippen LogP contribution in [0.3, 0.4) is 0 Å². The Morgan fingerprint density at radius 2 is 1.87 bits per heavy atom. The van der Waals surface area contributed by atoms with Gasteiger partial charge in [-0.1, -0.05) is 36.3 Å². The summed E-state index contributed by atoms with van der Waals surface area (Å²) in [5, 5.41) is 0. The molecule has 1 heteroatoms. The molecule has 15 heavy (non-hydrogen) atoms. The fraction of sp³-hybridized carbons (Fsp3) is 0.429. The van der Waals surface area contributed by atoms with E-state index in [4.69, 9.17) is 6.42 Å². The second-order valence-corrected chi connectivity index (χ2v) is 4.53. The molecule has 0 atom stereocenters. The van der Waals surface area contributed by atoms with Crippen molar-refractivity contribution in [3.05, 3.63) is 35.9 Å². The summed E-state index contributed by atoms with van der Waals surface area (Å²) in [6.07, 6.45) is 6.35. The molecule has 0 bridgehead atoms. The first-order valence-corrected chi connectivity index (χ1v) is 5.25. The van der Waals surface area contributed by atoms with E-state index in [0.717, 1.165) is 6.42 Å². The minimum atomic E-state index is 0.105. The van der Waals surface area contributed by atoms with Gasteiger partial charge in [0.1, 0.15) is 0 Å². The summed E-state index contributed by atoms with van der Waals surface area (Å²) in [6.45, 7) is 5.13. The van der Waals surface area contributed by atoms with Crippen molar-refractivity contribution in [2.24, 2.45) is 0 Å². The quantitative estimate of drug-likeness (QED) is 0.677. The van der Waals surface area contributed by atoms with Crippen LogP contribution in [0.25, 0.3) is 0 Å². The van der Waals surface area contributed by atoms with E-state index in [1.165, 1.54) is 5.56 Å². The van der Waals surface area contributed by atoms with E-state index >= 15 is 0 Å². The van der Waals surface area contributed by atoms with Crippen molar-refractivity contribution in [2.45, 2.75) is 25.8 Å². The van der Waals surface area contributed by atoms with Crippen molar-refractivity contribution in [1.29, 1.82) is 0 Å². The molecule has 0 saturated heterocycles. The van der Waals surface area contributed by atoms with E-state index in [1.54, 1.807) is 0 Å². The first-order chi connectivity index (χ1) is 7.06. The number of hydrogen-bond acceptors (Lipinski definition) is 1. The molecule has 0 saturated carbocycles.